The fourth-order valence-electron chi connectivity index (χ4n) is 3.52. The van der Waals surface area contributed by atoms with E-state index in [4.69, 9.17) is 24.7 Å². The fourth-order valence-corrected chi connectivity index (χ4v) is 3.52. The third-order valence-electron chi connectivity index (χ3n) is 5.08. The summed E-state index contributed by atoms with van der Waals surface area (Å²) in [7, 11) is 1.46. The number of benzene rings is 2. The normalized spacial score (nSPS) is 15.4. The van der Waals surface area contributed by atoms with Crippen LogP contribution in [-0.4, -0.2) is 32.1 Å². The van der Waals surface area contributed by atoms with Crippen LogP contribution in [0.15, 0.2) is 71.3 Å². The van der Waals surface area contributed by atoms with Gasteiger partial charge in [0.25, 0.3) is 0 Å². The standard InChI is InChI=1S/C25H24N2O6/c1-4-31-25(29)22-15(2)33-24(27)18(13-26)23(22)17-10-11-20(21(12-17)30-3)32-14-19(28)16-8-6-5-7-9-16/h5-12,23H,4,14,27H2,1-3H3. The molecule has 2 N–H and O–H groups in total. The molecule has 0 bridgehead atoms. The van der Waals surface area contributed by atoms with Gasteiger partial charge in [0.1, 0.15) is 17.4 Å². The lowest BCUT2D eigenvalue weighted by Crippen LogP contribution is -2.25. The molecule has 0 amide bonds. The first-order valence-electron chi connectivity index (χ1n) is 10.3. The minimum Gasteiger partial charge on any atom is -0.493 e. The van der Waals surface area contributed by atoms with Crippen molar-refractivity contribution in [3.63, 3.8) is 0 Å². The molecule has 1 unspecified atom stereocenters. The Hall–Kier alpha value is -4.25. The summed E-state index contributed by atoms with van der Waals surface area (Å²) in [5, 5.41) is 9.71. The number of methoxy groups -OCH3 is 1. The number of nitrogens with zero attached hydrogens (tertiary/aromatic N) is 1. The van der Waals surface area contributed by atoms with Gasteiger partial charge in [-0.15, -0.1) is 0 Å². The van der Waals surface area contributed by atoms with E-state index in [2.05, 4.69) is 0 Å². The van der Waals surface area contributed by atoms with Crippen molar-refractivity contribution in [3.8, 4) is 17.6 Å². The van der Waals surface area contributed by atoms with Crippen LogP contribution in [0.2, 0.25) is 0 Å². The zero-order chi connectivity index (χ0) is 24.0. The number of allylic oxidation sites excluding steroid dienone is 2. The van der Waals surface area contributed by atoms with E-state index in [1.54, 1.807) is 56.3 Å². The first-order chi connectivity index (χ1) is 15.9. The first kappa shape index (κ1) is 23.4. The van der Waals surface area contributed by atoms with Crippen molar-refractivity contribution in [2.75, 3.05) is 20.3 Å². The molecule has 8 heteroatoms. The van der Waals surface area contributed by atoms with E-state index in [9.17, 15) is 14.9 Å². The first-order valence-corrected chi connectivity index (χ1v) is 10.3. The number of hydrogen-bond donors (Lipinski definition) is 1. The molecule has 0 spiro atoms. The number of nitrogens with two attached hydrogens (primary N) is 1. The Bertz CT molecular complexity index is 1160. The molecular weight excluding hydrogens is 424 g/mol. The van der Waals surface area contributed by atoms with E-state index < -0.39 is 11.9 Å². The molecule has 2 aromatic carbocycles. The number of Topliss-reactive ketones (excluding diaryl/α,β-unsaturated/α-hetero) is 1. The smallest absolute Gasteiger partial charge is 0.338 e. The number of hydrogen-bond acceptors (Lipinski definition) is 8. The highest BCUT2D eigenvalue weighted by Crippen LogP contribution is 2.42. The van der Waals surface area contributed by atoms with Crippen LogP contribution in [0.1, 0.15) is 35.7 Å². The summed E-state index contributed by atoms with van der Waals surface area (Å²) in [5.41, 5.74) is 7.29. The molecule has 0 aliphatic carbocycles. The van der Waals surface area contributed by atoms with Crippen LogP contribution in [0.3, 0.4) is 0 Å². The Morgan fingerprint density at radius 1 is 1.15 bits per heavy atom. The van der Waals surface area contributed by atoms with E-state index in [1.165, 1.54) is 7.11 Å². The Morgan fingerprint density at radius 2 is 1.88 bits per heavy atom. The number of nitriles is 1. The molecule has 3 rings (SSSR count). The van der Waals surface area contributed by atoms with E-state index >= 15 is 0 Å². The quantitative estimate of drug-likeness (QED) is 0.480. The average Bonchev–Trinajstić information content (AvgIpc) is 2.82. The largest absolute Gasteiger partial charge is 0.493 e. The Kier molecular flexibility index (Phi) is 7.36. The van der Waals surface area contributed by atoms with Crippen LogP contribution in [0.25, 0.3) is 0 Å². The molecule has 0 radical (unpaired) electrons. The maximum Gasteiger partial charge on any atom is 0.338 e. The lowest BCUT2D eigenvalue weighted by Gasteiger charge is -2.27. The van der Waals surface area contributed by atoms with Crippen molar-refractivity contribution in [3.05, 3.63) is 82.4 Å². The van der Waals surface area contributed by atoms with Crippen molar-refractivity contribution >= 4 is 11.8 Å². The second-order valence-electron chi connectivity index (χ2n) is 7.10. The summed E-state index contributed by atoms with van der Waals surface area (Å²) in [6, 6.07) is 15.8. The van der Waals surface area contributed by atoms with Crippen LogP contribution in [0, 0.1) is 11.3 Å². The van der Waals surface area contributed by atoms with Crippen molar-refractivity contribution < 1.29 is 28.5 Å². The van der Waals surface area contributed by atoms with E-state index in [0.29, 0.717) is 22.6 Å². The van der Waals surface area contributed by atoms with Crippen LogP contribution < -0.4 is 15.2 Å². The van der Waals surface area contributed by atoms with Gasteiger partial charge >= 0.3 is 5.97 Å². The number of ketones is 1. The average molecular weight is 448 g/mol. The van der Waals surface area contributed by atoms with Gasteiger partial charge in [0.05, 0.1) is 25.2 Å². The predicted octanol–water partition coefficient (Wildman–Crippen LogP) is 3.60. The number of carbonyl (C=O) groups excluding carboxylic acids is 2. The summed E-state index contributed by atoms with van der Waals surface area (Å²) in [5.74, 6) is -0.756. The summed E-state index contributed by atoms with van der Waals surface area (Å²) < 4.78 is 21.7. The summed E-state index contributed by atoms with van der Waals surface area (Å²) in [6.45, 7) is 3.26. The van der Waals surface area contributed by atoms with Crippen LogP contribution in [-0.2, 0) is 14.3 Å². The van der Waals surface area contributed by atoms with Gasteiger partial charge in [-0.05, 0) is 31.5 Å². The Balaban J connectivity index is 1.94. The number of rotatable bonds is 8. The molecule has 170 valence electrons. The lowest BCUT2D eigenvalue weighted by molar-refractivity contribution is -0.139. The highest BCUT2D eigenvalue weighted by atomic mass is 16.5. The molecule has 0 aromatic heterocycles. The fraction of sp³-hybridized carbons (Fsp3) is 0.240. The Morgan fingerprint density at radius 3 is 2.52 bits per heavy atom. The number of ether oxygens (including phenoxy) is 4. The van der Waals surface area contributed by atoms with Gasteiger partial charge in [-0.25, -0.2) is 4.79 Å². The van der Waals surface area contributed by atoms with Gasteiger partial charge in [-0.1, -0.05) is 36.4 Å². The molecule has 1 aliphatic heterocycles. The molecule has 0 saturated carbocycles. The van der Waals surface area contributed by atoms with Crippen molar-refractivity contribution in [2.24, 2.45) is 5.73 Å². The summed E-state index contributed by atoms with van der Waals surface area (Å²) >= 11 is 0. The van der Waals surface area contributed by atoms with E-state index in [0.717, 1.165) is 0 Å². The molecule has 33 heavy (non-hydrogen) atoms. The third-order valence-corrected chi connectivity index (χ3v) is 5.08. The highest BCUT2D eigenvalue weighted by Gasteiger charge is 2.36. The minimum absolute atomic E-state index is 0.0821. The maximum absolute atomic E-state index is 12.7. The molecule has 0 saturated heterocycles. The highest BCUT2D eigenvalue weighted by molar-refractivity contribution is 5.97. The number of esters is 1. The van der Waals surface area contributed by atoms with Crippen LogP contribution in [0.5, 0.6) is 11.5 Å². The molecule has 1 heterocycles. The Labute approximate surface area is 191 Å². The van der Waals surface area contributed by atoms with Gasteiger partial charge in [-0.3, -0.25) is 4.79 Å². The van der Waals surface area contributed by atoms with Gasteiger partial charge in [0.2, 0.25) is 5.88 Å². The monoisotopic (exact) mass is 448 g/mol. The van der Waals surface area contributed by atoms with Gasteiger partial charge in [0.15, 0.2) is 23.9 Å². The molecule has 2 aromatic rings. The van der Waals surface area contributed by atoms with Crippen LogP contribution in [0.4, 0.5) is 0 Å². The summed E-state index contributed by atoms with van der Waals surface area (Å²) in [6.07, 6.45) is 0. The zero-order valence-electron chi connectivity index (χ0n) is 18.6. The number of carbonyl (C=O) groups is 2. The molecule has 1 aliphatic rings. The molecule has 8 nitrogen and oxygen atoms in total. The second-order valence-corrected chi connectivity index (χ2v) is 7.10. The predicted molar refractivity (Wildman–Crippen MR) is 119 cm³/mol. The lowest BCUT2D eigenvalue weighted by atomic mass is 9.83. The van der Waals surface area contributed by atoms with Gasteiger partial charge in [-0.2, -0.15) is 5.26 Å². The SMILES string of the molecule is CCOC(=O)C1=C(C)OC(N)=C(C#N)C1c1ccc(OCC(=O)c2ccccc2)c(OC)c1. The van der Waals surface area contributed by atoms with E-state index in [-0.39, 0.29) is 41.8 Å². The topological polar surface area (TPSA) is 121 Å². The second kappa shape index (κ2) is 10.4. The molecule has 0 fully saturated rings. The maximum atomic E-state index is 12.7. The van der Waals surface area contributed by atoms with Gasteiger partial charge < -0.3 is 24.7 Å². The van der Waals surface area contributed by atoms with Crippen LogP contribution >= 0.6 is 0 Å². The van der Waals surface area contributed by atoms with E-state index in [1.807, 2.05) is 12.1 Å². The molecular formula is C25H24N2O6. The molecule has 1 atom stereocenters. The third kappa shape index (κ3) is 4.99. The summed E-state index contributed by atoms with van der Waals surface area (Å²) in [4.78, 5) is 25.0. The van der Waals surface area contributed by atoms with Gasteiger partial charge in [0, 0.05) is 5.56 Å². The van der Waals surface area contributed by atoms with Crippen molar-refractivity contribution in [1.29, 1.82) is 5.26 Å². The zero-order valence-corrected chi connectivity index (χ0v) is 18.6. The minimum atomic E-state index is -0.809. The van der Waals surface area contributed by atoms with Crippen molar-refractivity contribution in [2.45, 2.75) is 19.8 Å². The van der Waals surface area contributed by atoms with Crippen molar-refractivity contribution in [1.82, 2.24) is 0 Å².